The third-order valence-corrected chi connectivity index (χ3v) is 1.77. The predicted octanol–water partition coefficient (Wildman–Crippen LogP) is 1.19. The van der Waals surface area contributed by atoms with Crippen LogP contribution in [0.5, 0.6) is 0 Å². The molecule has 14 heavy (non-hydrogen) atoms. The van der Waals surface area contributed by atoms with E-state index in [1.165, 1.54) is 6.08 Å². The second-order valence-corrected chi connectivity index (χ2v) is 3.31. The average molecular weight is 199 g/mol. The van der Waals surface area contributed by atoms with Gasteiger partial charge < -0.3 is 15.5 Å². The summed E-state index contributed by atoms with van der Waals surface area (Å²) in [6.07, 6.45) is 4.62. The van der Waals surface area contributed by atoms with Crippen LogP contribution in [0.15, 0.2) is 24.3 Å². The summed E-state index contributed by atoms with van der Waals surface area (Å²) in [6.45, 7) is 7.92. The Hall–Kier alpha value is -0.640. The van der Waals surface area contributed by atoms with Crippen molar-refractivity contribution in [2.75, 3.05) is 13.1 Å². The fraction of sp³-hybridized carbons (Fsp3) is 0.636. The molecule has 0 aromatic rings. The van der Waals surface area contributed by atoms with Crippen LogP contribution >= 0.6 is 0 Å². The molecule has 82 valence electrons. The summed E-state index contributed by atoms with van der Waals surface area (Å²) in [6, 6.07) is 0. The highest BCUT2D eigenvalue weighted by molar-refractivity contribution is 4.99. The van der Waals surface area contributed by atoms with Gasteiger partial charge in [0.25, 0.3) is 0 Å². The van der Waals surface area contributed by atoms with Crippen molar-refractivity contribution in [2.45, 2.75) is 32.5 Å². The third-order valence-electron chi connectivity index (χ3n) is 1.77. The summed E-state index contributed by atoms with van der Waals surface area (Å²) >= 11 is 0. The molecule has 0 aliphatic heterocycles. The molecule has 3 heteroatoms. The van der Waals surface area contributed by atoms with Gasteiger partial charge in [-0.1, -0.05) is 25.2 Å². The van der Waals surface area contributed by atoms with Gasteiger partial charge in [0.1, 0.15) is 0 Å². The Kier molecular flexibility index (Phi) is 8.53. The van der Waals surface area contributed by atoms with Crippen molar-refractivity contribution < 1.29 is 10.2 Å². The number of aliphatic hydroxyl groups excluding tert-OH is 1. The van der Waals surface area contributed by atoms with Crippen molar-refractivity contribution in [2.24, 2.45) is 0 Å². The van der Waals surface area contributed by atoms with Gasteiger partial charge in [0.15, 0.2) is 6.29 Å². The van der Waals surface area contributed by atoms with E-state index in [1.807, 2.05) is 0 Å². The Morgan fingerprint density at radius 3 is 2.79 bits per heavy atom. The van der Waals surface area contributed by atoms with Gasteiger partial charge in [0.2, 0.25) is 0 Å². The molecule has 0 heterocycles. The van der Waals surface area contributed by atoms with Gasteiger partial charge in [-0.2, -0.15) is 0 Å². The van der Waals surface area contributed by atoms with Crippen molar-refractivity contribution in [1.82, 2.24) is 5.32 Å². The maximum absolute atomic E-state index is 8.52. The van der Waals surface area contributed by atoms with Gasteiger partial charge in [0, 0.05) is 6.54 Å². The number of rotatable bonds is 8. The fourth-order valence-electron chi connectivity index (χ4n) is 1.04. The Morgan fingerprint density at radius 2 is 2.21 bits per heavy atom. The monoisotopic (exact) mass is 199 g/mol. The molecule has 3 N–H and O–H groups in total. The van der Waals surface area contributed by atoms with Gasteiger partial charge in [-0.15, -0.1) is 0 Å². The number of hydrogen-bond acceptors (Lipinski definition) is 3. The first-order chi connectivity index (χ1) is 6.66. The highest BCUT2D eigenvalue weighted by Crippen LogP contribution is 2.02. The van der Waals surface area contributed by atoms with E-state index in [0.29, 0.717) is 0 Å². The van der Waals surface area contributed by atoms with Gasteiger partial charge >= 0.3 is 0 Å². The second kappa shape index (κ2) is 8.94. The fourth-order valence-corrected chi connectivity index (χ4v) is 1.04. The van der Waals surface area contributed by atoms with Crippen molar-refractivity contribution in [3.8, 4) is 0 Å². The quantitative estimate of drug-likeness (QED) is 0.313. The smallest absolute Gasteiger partial charge is 0.171 e. The molecule has 0 saturated heterocycles. The van der Waals surface area contributed by atoms with Crippen LogP contribution in [0.3, 0.4) is 0 Å². The highest BCUT2D eigenvalue weighted by Gasteiger charge is 1.92. The molecule has 0 rings (SSSR count). The zero-order chi connectivity index (χ0) is 10.8. The van der Waals surface area contributed by atoms with Gasteiger partial charge in [-0.05, 0) is 31.9 Å². The first kappa shape index (κ1) is 13.4. The molecule has 0 unspecified atom stereocenters. The van der Waals surface area contributed by atoms with Crippen LogP contribution in [-0.4, -0.2) is 29.6 Å². The van der Waals surface area contributed by atoms with Gasteiger partial charge in [-0.3, -0.25) is 0 Å². The summed E-state index contributed by atoms with van der Waals surface area (Å²) in [5.74, 6) is 0. The molecule has 0 atom stereocenters. The van der Waals surface area contributed by atoms with E-state index in [0.717, 1.165) is 37.9 Å². The van der Waals surface area contributed by atoms with Crippen molar-refractivity contribution in [1.29, 1.82) is 0 Å². The zero-order valence-corrected chi connectivity index (χ0v) is 8.87. The van der Waals surface area contributed by atoms with E-state index in [1.54, 1.807) is 6.08 Å². The number of hydrogen-bond donors (Lipinski definition) is 3. The van der Waals surface area contributed by atoms with Crippen LogP contribution in [0.4, 0.5) is 0 Å². The molecule has 0 amide bonds. The predicted molar refractivity (Wildman–Crippen MR) is 58.9 cm³/mol. The second-order valence-electron chi connectivity index (χ2n) is 3.31. The lowest BCUT2D eigenvalue weighted by Gasteiger charge is -2.04. The van der Waals surface area contributed by atoms with Crippen LogP contribution in [-0.2, 0) is 0 Å². The van der Waals surface area contributed by atoms with E-state index in [-0.39, 0.29) is 0 Å². The Bertz CT molecular complexity index is 176. The largest absolute Gasteiger partial charge is 0.365 e. The van der Waals surface area contributed by atoms with Crippen molar-refractivity contribution in [3.05, 3.63) is 24.3 Å². The van der Waals surface area contributed by atoms with Crippen molar-refractivity contribution in [3.63, 3.8) is 0 Å². The molecule has 0 aliphatic rings. The van der Waals surface area contributed by atoms with Crippen molar-refractivity contribution >= 4 is 0 Å². The highest BCUT2D eigenvalue weighted by atomic mass is 16.5. The Labute approximate surface area is 86.1 Å². The Morgan fingerprint density at radius 1 is 1.50 bits per heavy atom. The minimum atomic E-state index is -1.33. The molecular weight excluding hydrogens is 178 g/mol. The lowest BCUT2D eigenvalue weighted by atomic mass is 10.1. The van der Waals surface area contributed by atoms with Crippen LogP contribution in [0.2, 0.25) is 0 Å². The maximum Gasteiger partial charge on any atom is 0.171 e. The van der Waals surface area contributed by atoms with E-state index < -0.39 is 6.29 Å². The summed E-state index contributed by atoms with van der Waals surface area (Å²) in [4.78, 5) is 0. The molecule has 0 aromatic heterocycles. The Balaban J connectivity index is 3.35. The van der Waals surface area contributed by atoms with Gasteiger partial charge in [0.05, 0.1) is 0 Å². The third kappa shape index (κ3) is 9.45. The normalized spacial score (nSPS) is 11.4. The zero-order valence-electron chi connectivity index (χ0n) is 8.87. The molecule has 0 aliphatic carbocycles. The standard InChI is InChI=1S/C11H21NO2/c1-3-8-12-9-10(2)6-4-5-7-11(13)14/h5,7,11-14H,2-4,6,8-9H2,1H3/b7-5+. The van der Waals surface area contributed by atoms with Gasteiger partial charge in [-0.25, -0.2) is 0 Å². The van der Waals surface area contributed by atoms with Crippen LogP contribution < -0.4 is 5.32 Å². The first-order valence-corrected chi connectivity index (χ1v) is 5.07. The molecule has 0 spiro atoms. The number of allylic oxidation sites excluding steroid dienone is 1. The maximum atomic E-state index is 8.52. The van der Waals surface area contributed by atoms with E-state index in [2.05, 4.69) is 18.8 Å². The molecule has 3 nitrogen and oxygen atoms in total. The minimum Gasteiger partial charge on any atom is -0.365 e. The number of aliphatic hydroxyl groups is 2. The van der Waals surface area contributed by atoms with Crippen LogP contribution in [0, 0.1) is 0 Å². The number of nitrogens with one attached hydrogen (secondary N) is 1. The average Bonchev–Trinajstić information content (AvgIpc) is 2.13. The van der Waals surface area contributed by atoms with Crippen LogP contribution in [0.25, 0.3) is 0 Å². The molecule has 0 bridgehead atoms. The van der Waals surface area contributed by atoms with Crippen LogP contribution in [0.1, 0.15) is 26.2 Å². The lowest BCUT2D eigenvalue weighted by molar-refractivity contribution is 0.00217. The minimum absolute atomic E-state index is 0.810. The summed E-state index contributed by atoms with van der Waals surface area (Å²) in [7, 11) is 0. The SMILES string of the molecule is C=C(CC/C=C/C(O)O)CNCCC. The summed E-state index contributed by atoms with van der Waals surface area (Å²) < 4.78 is 0. The molecule has 0 saturated carbocycles. The molecule has 0 fully saturated rings. The summed E-state index contributed by atoms with van der Waals surface area (Å²) in [5.41, 5.74) is 1.15. The molecular formula is C11H21NO2. The van der Waals surface area contributed by atoms with E-state index in [4.69, 9.17) is 10.2 Å². The first-order valence-electron chi connectivity index (χ1n) is 5.07. The van der Waals surface area contributed by atoms with E-state index in [9.17, 15) is 0 Å². The molecule has 0 aromatic carbocycles. The molecule has 0 radical (unpaired) electrons. The lowest BCUT2D eigenvalue weighted by Crippen LogP contribution is -2.17. The van der Waals surface area contributed by atoms with E-state index >= 15 is 0 Å². The summed E-state index contributed by atoms with van der Waals surface area (Å²) in [5, 5.41) is 20.3. The topological polar surface area (TPSA) is 52.5 Å².